The molecule has 2 saturated heterocycles. The van der Waals surface area contributed by atoms with Crippen LogP contribution in [-0.4, -0.2) is 74.7 Å². The first-order valence-corrected chi connectivity index (χ1v) is 16.6. The van der Waals surface area contributed by atoms with E-state index in [0.29, 0.717) is 34.8 Å². The average Bonchev–Trinajstić information content (AvgIpc) is 3.09. The van der Waals surface area contributed by atoms with E-state index in [1.165, 1.54) is 24.1 Å². The Hall–Kier alpha value is -4.62. The van der Waals surface area contributed by atoms with Gasteiger partial charge >= 0.3 is 5.63 Å². The molecular weight excluding hydrogens is 671 g/mol. The summed E-state index contributed by atoms with van der Waals surface area (Å²) in [5.74, 6) is -0.0738. The van der Waals surface area contributed by atoms with Crippen LogP contribution < -0.4 is 35.8 Å². The van der Waals surface area contributed by atoms with Crippen molar-refractivity contribution in [3.63, 3.8) is 0 Å². The highest BCUT2D eigenvalue weighted by molar-refractivity contribution is 5.95. The van der Waals surface area contributed by atoms with Gasteiger partial charge < -0.3 is 39.5 Å². The third-order valence-electron chi connectivity index (χ3n) is 9.24. The lowest BCUT2D eigenvalue weighted by atomic mass is 9.93. The molecule has 0 aliphatic carbocycles. The number of hydrogen-bond donors (Lipinski definition) is 3. The number of nitrogens with zero attached hydrogens (tertiary/aromatic N) is 1. The van der Waals surface area contributed by atoms with Crippen LogP contribution in [0.2, 0.25) is 0 Å². The van der Waals surface area contributed by atoms with Gasteiger partial charge in [0.25, 0.3) is 11.8 Å². The molecule has 2 atom stereocenters. The molecular formula is C36H42ClFN4O8. The lowest BCUT2D eigenvalue weighted by Crippen LogP contribution is -2.59. The van der Waals surface area contributed by atoms with Gasteiger partial charge in [-0.05, 0) is 86.3 Å². The number of likely N-dealkylation sites (tertiary alicyclic amines) is 1. The number of piperidine rings is 2. The number of halogens is 2. The van der Waals surface area contributed by atoms with Gasteiger partial charge in [-0.1, -0.05) is 6.07 Å². The molecule has 0 radical (unpaired) electrons. The second-order valence-corrected chi connectivity index (χ2v) is 12.7. The van der Waals surface area contributed by atoms with Gasteiger partial charge in [0.2, 0.25) is 5.91 Å². The van der Waals surface area contributed by atoms with Gasteiger partial charge in [-0.2, -0.15) is 0 Å². The van der Waals surface area contributed by atoms with E-state index in [2.05, 4.69) is 16.0 Å². The number of carbonyl (C=O) groups excluding carboxylic acids is 3. The van der Waals surface area contributed by atoms with E-state index in [1.807, 2.05) is 6.07 Å². The average molecular weight is 713 g/mol. The number of rotatable bonds is 3. The maximum Gasteiger partial charge on any atom is 0.349 e. The van der Waals surface area contributed by atoms with Crippen molar-refractivity contribution in [2.75, 3.05) is 39.9 Å². The quantitative estimate of drug-likeness (QED) is 0.372. The lowest BCUT2D eigenvalue weighted by molar-refractivity contribution is -0.125. The number of nitrogens with one attached hydrogen (secondary N) is 3. The minimum absolute atomic E-state index is 0. The van der Waals surface area contributed by atoms with Gasteiger partial charge in [-0.3, -0.25) is 14.4 Å². The Morgan fingerprint density at radius 3 is 2.54 bits per heavy atom. The minimum atomic E-state index is -0.742. The van der Waals surface area contributed by atoms with Crippen LogP contribution in [0.5, 0.6) is 17.2 Å². The summed E-state index contributed by atoms with van der Waals surface area (Å²) in [7, 11) is 1.49. The van der Waals surface area contributed by atoms with E-state index in [-0.39, 0.29) is 74.6 Å². The third-order valence-corrected chi connectivity index (χ3v) is 9.24. The van der Waals surface area contributed by atoms with E-state index < -0.39 is 35.4 Å². The summed E-state index contributed by atoms with van der Waals surface area (Å²) in [6.07, 6.45) is 1.89. The summed E-state index contributed by atoms with van der Waals surface area (Å²) in [5, 5.41) is 9.05. The molecule has 4 heterocycles. The lowest BCUT2D eigenvalue weighted by Gasteiger charge is -2.39. The number of carbonyl (C=O) groups is 3. The normalized spacial score (nSPS) is 20.3. The molecule has 3 N–H and O–H groups in total. The smallest absolute Gasteiger partial charge is 0.349 e. The van der Waals surface area contributed by atoms with Crippen molar-refractivity contribution in [1.82, 2.24) is 20.9 Å². The predicted molar refractivity (Wildman–Crippen MR) is 184 cm³/mol. The van der Waals surface area contributed by atoms with Gasteiger partial charge in [0.15, 0.2) is 18.1 Å². The molecule has 0 unspecified atom stereocenters. The Morgan fingerprint density at radius 1 is 0.980 bits per heavy atom. The molecule has 3 aliphatic heterocycles. The second kappa shape index (κ2) is 16.4. The van der Waals surface area contributed by atoms with Crippen LogP contribution in [0.15, 0.2) is 51.7 Å². The summed E-state index contributed by atoms with van der Waals surface area (Å²) in [5.41, 5.74) is 1.11. The number of hydrogen-bond acceptors (Lipinski definition) is 9. The highest BCUT2D eigenvalue weighted by atomic mass is 35.5. The van der Waals surface area contributed by atoms with E-state index in [4.69, 9.17) is 18.6 Å². The number of fused-ring (bicyclic) bond motifs is 5. The molecule has 4 bridgehead atoms. The van der Waals surface area contributed by atoms with Gasteiger partial charge in [-0.15, -0.1) is 12.4 Å². The number of methoxy groups -OCH3 is 1. The summed E-state index contributed by atoms with van der Waals surface area (Å²) in [4.78, 5) is 54.5. The zero-order valence-electron chi connectivity index (χ0n) is 28.1. The minimum Gasteiger partial charge on any atom is -0.493 e. The van der Waals surface area contributed by atoms with Crippen molar-refractivity contribution in [3.05, 3.63) is 86.7 Å². The summed E-state index contributed by atoms with van der Waals surface area (Å²) >= 11 is 0. The van der Waals surface area contributed by atoms with Crippen molar-refractivity contribution < 1.29 is 37.4 Å². The topological polar surface area (TPSA) is 148 Å². The van der Waals surface area contributed by atoms with E-state index in [9.17, 15) is 23.6 Å². The monoisotopic (exact) mass is 712 g/mol. The zero-order chi connectivity index (χ0) is 34.5. The van der Waals surface area contributed by atoms with Crippen LogP contribution in [0.25, 0.3) is 0 Å². The Balaban J connectivity index is 0.00000486. The molecule has 0 spiro atoms. The molecule has 6 rings (SSSR count). The highest BCUT2D eigenvalue weighted by Gasteiger charge is 2.36. The number of benzene rings is 2. The molecule has 1 aromatic heterocycles. The summed E-state index contributed by atoms with van der Waals surface area (Å²) in [6, 6.07) is 10.5. The molecule has 3 amide bonds. The molecule has 12 nitrogen and oxygen atoms in total. The van der Waals surface area contributed by atoms with Crippen molar-refractivity contribution in [1.29, 1.82) is 0 Å². The van der Waals surface area contributed by atoms with Crippen molar-refractivity contribution in [2.24, 2.45) is 0 Å². The van der Waals surface area contributed by atoms with E-state index in [1.54, 1.807) is 31.2 Å². The van der Waals surface area contributed by atoms with Crippen LogP contribution in [0.1, 0.15) is 64.4 Å². The highest BCUT2D eigenvalue weighted by Crippen LogP contribution is 2.30. The number of aryl methyl sites for hydroxylation is 2. The largest absolute Gasteiger partial charge is 0.493 e. The van der Waals surface area contributed by atoms with Crippen LogP contribution in [0, 0.1) is 12.7 Å². The van der Waals surface area contributed by atoms with E-state index >= 15 is 0 Å². The summed E-state index contributed by atoms with van der Waals surface area (Å²) in [6.45, 7) is 3.34. The molecule has 0 saturated carbocycles. The van der Waals surface area contributed by atoms with Gasteiger partial charge in [0.1, 0.15) is 29.0 Å². The molecule has 2 fully saturated rings. The third kappa shape index (κ3) is 8.75. The Kier molecular flexibility index (Phi) is 12.0. The Morgan fingerprint density at radius 2 is 1.78 bits per heavy atom. The second-order valence-electron chi connectivity index (χ2n) is 12.7. The van der Waals surface area contributed by atoms with Crippen LogP contribution in [0.4, 0.5) is 4.39 Å². The van der Waals surface area contributed by atoms with Gasteiger partial charge in [0, 0.05) is 44.5 Å². The van der Waals surface area contributed by atoms with Crippen LogP contribution in [0.3, 0.4) is 0 Å². The first-order valence-electron chi connectivity index (χ1n) is 16.6. The maximum absolute atomic E-state index is 14.7. The molecule has 14 heteroatoms. The van der Waals surface area contributed by atoms with E-state index in [0.717, 1.165) is 31.5 Å². The fraction of sp³-hybridized carbons (Fsp3) is 0.444. The van der Waals surface area contributed by atoms with Crippen molar-refractivity contribution in [2.45, 2.75) is 63.6 Å². The molecule has 3 aromatic rings. The van der Waals surface area contributed by atoms with Crippen LogP contribution in [-0.2, 0) is 22.6 Å². The SMILES string of the molecule is COc1ccc2cc1OCC(=O)N[C@@H]1CN(C(=O)c3c(C)cc(C4CCNCC4)oc3=O)CC[C@H]1Oc1cc(F)cc(c1)CNC(=O)CC2.Cl. The van der Waals surface area contributed by atoms with Crippen LogP contribution >= 0.6 is 12.4 Å². The van der Waals surface area contributed by atoms with Crippen molar-refractivity contribution in [3.8, 4) is 17.2 Å². The predicted octanol–water partition coefficient (Wildman–Crippen LogP) is 3.40. The van der Waals surface area contributed by atoms with Gasteiger partial charge in [-0.25, -0.2) is 9.18 Å². The van der Waals surface area contributed by atoms with Crippen molar-refractivity contribution >= 4 is 30.1 Å². The first-order chi connectivity index (χ1) is 23.7. The standard InChI is InChI=1S/C36H41FN4O8.ClH/c1-21-13-30(24-7-10-38-11-8-24)49-36(45)34(21)35(44)41-12-9-28-27(19-41)40-33(43)20-47-31-16-22(3-5-29(31)46-2)4-6-32(42)39-18-23-14-25(37)17-26(15-23)48-28;/h3,5,13-17,24,27-28,38H,4,6-12,18-20H2,1-2H3,(H,39,42)(H,40,43);1H/t27-,28-;/m1./s1. The Bertz CT molecular complexity index is 1780. The Labute approximate surface area is 295 Å². The fourth-order valence-corrected chi connectivity index (χ4v) is 6.64. The molecule has 3 aliphatic rings. The first kappa shape index (κ1) is 36.7. The maximum atomic E-state index is 14.7. The molecule has 50 heavy (non-hydrogen) atoms. The fourth-order valence-electron chi connectivity index (χ4n) is 6.64. The number of amides is 3. The summed E-state index contributed by atoms with van der Waals surface area (Å²) < 4.78 is 37.9. The molecule has 2 aromatic carbocycles. The molecule has 268 valence electrons. The number of ether oxygens (including phenoxy) is 3. The zero-order valence-corrected chi connectivity index (χ0v) is 28.9. The van der Waals surface area contributed by atoms with Gasteiger partial charge in [0.05, 0.1) is 13.2 Å².